The van der Waals surface area contributed by atoms with Crippen LogP contribution < -0.4 is 4.72 Å². The first-order valence-electron chi connectivity index (χ1n) is 6.09. The number of hydrogen-bond acceptors (Lipinski definition) is 4. The van der Waals surface area contributed by atoms with E-state index < -0.39 is 16.0 Å². The average molecular weight is 285 g/mol. The SMILES string of the molecule is CCOC(=O)CCNS(=O)(=O)c1cc(C)ccc1C. The van der Waals surface area contributed by atoms with E-state index in [4.69, 9.17) is 4.74 Å². The van der Waals surface area contributed by atoms with E-state index in [1.165, 1.54) is 0 Å². The maximum Gasteiger partial charge on any atom is 0.307 e. The van der Waals surface area contributed by atoms with Crippen LogP contribution in [0.1, 0.15) is 24.5 Å². The van der Waals surface area contributed by atoms with Crippen molar-refractivity contribution in [2.24, 2.45) is 0 Å². The maximum absolute atomic E-state index is 12.1. The smallest absolute Gasteiger partial charge is 0.307 e. The minimum atomic E-state index is -3.58. The van der Waals surface area contributed by atoms with Crippen LogP contribution in [-0.2, 0) is 19.6 Å². The van der Waals surface area contributed by atoms with E-state index in [0.717, 1.165) is 5.56 Å². The fraction of sp³-hybridized carbons (Fsp3) is 0.462. The maximum atomic E-state index is 12.1. The van der Waals surface area contributed by atoms with E-state index in [1.807, 2.05) is 13.0 Å². The number of aryl methyl sites for hydroxylation is 2. The second-order valence-corrected chi connectivity index (χ2v) is 5.96. The van der Waals surface area contributed by atoms with Crippen molar-refractivity contribution in [1.29, 1.82) is 0 Å². The molecule has 0 atom stereocenters. The average Bonchev–Trinajstić information content (AvgIpc) is 2.32. The zero-order valence-electron chi connectivity index (χ0n) is 11.4. The van der Waals surface area contributed by atoms with Gasteiger partial charge in [0, 0.05) is 6.54 Å². The van der Waals surface area contributed by atoms with Gasteiger partial charge in [0.15, 0.2) is 0 Å². The van der Waals surface area contributed by atoms with Crippen molar-refractivity contribution >= 4 is 16.0 Å². The van der Waals surface area contributed by atoms with Crippen molar-refractivity contribution in [3.05, 3.63) is 29.3 Å². The highest BCUT2D eigenvalue weighted by Crippen LogP contribution is 2.16. The molecule has 1 N–H and O–H groups in total. The van der Waals surface area contributed by atoms with Gasteiger partial charge in [-0.05, 0) is 38.0 Å². The molecule has 0 aliphatic carbocycles. The van der Waals surface area contributed by atoms with Gasteiger partial charge in [0.05, 0.1) is 17.9 Å². The molecular weight excluding hydrogens is 266 g/mol. The lowest BCUT2D eigenvalue weighted by molar-refractivity contribution is -0.142. The quantitative estimate of drug-likeness (QED) is 0.805. The van der Waals surface area contributed by atoms with Gasteiger partial charge in [-0.3, -0.25) is 4.79 Å². The first kappa shape index (κ1) is 15.7. The molecule has 0 bridgehead atoms. The number of carbonyl (C=O) groups excluding carboxylic acids is 1. The van der Waals surface area contributed by atoms with Gasteiger partial charge >= 0.3 is 5.97 Å². The van der Waals surface area contributed by atoms with Gasteiger partial charge in [0.25, 0.3) is 0 Å². The van der Waals surface area contributed by atoms with Crippen LogP contribution in [0, 0.1) is 13.8 Å². The Kier molecular flexibility index (Phi) is 5.50. The molecule has 0 saturated heterocycles. The van der Waals surface area contributed by atoms with Gasteiger partial charge in [0.2, 0.25) is 10.0 Å². The lowest BCUT2D eigenvalue weighted by Crippen LogP contribution is -2.27. The predicted octanol–water partition coefficient (Wildman–Crippen LogP) is 1.53. The largest absolute Gasteiger partial charge is 0.466 e. The summed E-state index contributed by atoms with van der Waals surface area (Å²) in [6.45, 7) is 5.60. The normalized spacial score (nSPS) is 11.3. The number of hydrogen-bond donors (Lipinski definition) is 1. The van der Waals surface area contributed by atoms with E-state index in [1.54, 1.807) is 26.0 Å². The summed E-state index contributed by atoms with van der Waals surface area (Å²) in [7, 11) is -3.58. The molecule has 0 spiro atoms. The number of carbonyl (C=O) groups is 1. The predicted molar refractivity (Wildman–Crippen MR) is 72.4 cm³/mol. The fourth-order valence-electron chi connectivity index (χ4n) is 1.60. The minimum Gasteiger partial charge on any atom is -0.466 e. The molecule has 1 rings (SSSR count). The monoisotopic (exact) mass is 285 g/mol. The van der Waals surface area contributed by atoms with Crippen molar-refractivity contribution in [3.8, 4) is 0 Å². The molecule has 0 aliphatic heterocycles. The van der Waals surface area contributed by atoms with E-state index in [9.17, 15) is 13.2 Å². The third-order valence-electron chi connectivity index (χ3n) is 2.56. The Morgan fingerprint density at radius 3 is 2.63 bits per heavy atom. The van der Waals surface area contributed by atoms with Crippen LogP contribution in [0.4, 0.5) is 0 Å². The zero-order chi connectivity index (χ0) is 14.5. The molecule has 6 heteroatoms. The van der Waals surface area contributed by atoms with Gasteiger partial charge in [-0.25, -0.2) is 13.1 Å². The van der Waals surface area contributed by atoms with Gasteiger partial charge in [-0.2, -0.15) is 0 Å². The molecule has 1 aromatic rings. The lowest BCUT2D eigenvalue weighted by Gasteiger charge is -2.09. The molecule has 0 heterocycles. The van der Waals surface area contributed by atoms with Crippen LogP contribution in [0.5, 0.6) is 0 Å². The van der Waals surface area contributed by atoms with E-state index in [2.05, 4.69) is 4.72 Å². The Balaban J connectivity index is 2.71. The number of esters is 1. The van der Waals surface area contributed by atoms with Crippen molar-refractivity contribution in [3.63, 3.8) is 0 Å². The molecule has 19 heavy (non-hydrogen) atoms. The molecule has 0 amide bonds. The standard InChI is InChI=1S/C13H19NO4S/c1-4-18-13(15)7-8-14-19(16,17)12-9-10(2)5-6-11(12)3/h5-6,9,14H,4,7-8H2,1-3H3. The molecule has 0 aliphatic rings. The van der Waals surface area contributed by atoms with Crippen LogP contribution in [0.25, 0.3) is 0 Å². The first-order chi connectivity index (χ1) is 8.86. The van der Waals surface area contributed by atoms with Crippen molar-refractivity contribution in [1.82, 2.24) is 4.72 Å². The summed E-state index contributed by atoms with van der Waals surface area (Å²) in [5, 5.41) is 0. The molecule has 5 nitrogen and oxygen atoms in total. The van der Waals surface area contributed by atoms with E-state index in [0.29, 0.717) is 12.2 Å². The van der Waals surface area contributed by atoms with Crippen LogP contribution >= 0.6 is 0 Å². The van der Waals surface area contributed by atoms with Gasteiger partial charge in [0.1, 0.15) is 0 Å². The minimum absolute atomic E-state index is 0.0257. The summed E-state index contributed by atoms with van der Waals surface area (Å²) in [6.07, 6.45) is 0.0257. The first-order valence-corrected chi connectivity index (χ1v) is 7.57. The Hall–Kier alpha value is -1.40. The third kappa shape index (κ3) is 4.65. The summed E-state index contributed by atoms with van der Waals surface area (Å²) in [6, 6.07) is 5.23. The number of nitrogens with one attached hydrogen (secondary N) is 1. The summed E-state index contributed by atoms with van der Waals surface area (Å²) < 4.78 is 31.3. The van der Waals surface area contributed by atoms with Crippen molar-refractivity contribution < 1.29 is 17.9 Å². The Labute approximate surface area is 114 Å². The Morgan fingerprint density at radius 1 is 1.32 bits per heavy atom. The Morgan fingerprint density at radius 2 is 2.00 bits per heavy atom. The molecule has 1 aromatic carbocycles. The van der Waals surface area contributed by atoms with Crippen molar-refractivity contribution in [2.45, 2.75) is 32.1 Å². The second-order valence-electron chi connectivity index (χ2n) is 4.22. The van der Waals surface area contributed by atoms with Crippen molar-refractivity contribution in [2.75, 3.05) is 13.2 Å². The lowest BCUT2D eigenvalue weighted by atomic mass is 10.2. The zero-order valence-corrected chi connectivity index (χ0v) is 12.2. The number of benzene rings is 1. The molecule has 0 aromatic heterocycles. The van der Waals surface area contributed by atoms with Crippen LogP contribution in [-0.4, -0.2) is 27.5 Å². The summed E-state index contributed by atoms with van der Waals surface area (Å²) >= 11 is 0. The molecular formula is C13H19NO4S. The molecule has 0 radical (unpaired) electrons. The van der Waals surface area contributed by atoms with E-state index >= 15 is 0 Å². The topological polar surface area (TPSA) is 72.5 Å². The summed E-state index contributed by atoms with van der Waals surface area (Å²) in [5.41, 5.74) is 1.55. The van der Waals surface area contributed by atoms with Gasteiger partial charge in [-0.15, -0.1) is 0 Å². The number of ether oxygens (including phenoxy) is 1. The fourth-order valence-corrected chi connectivity index (χ4v) is 2.95. The molecule has 0 fully saturated rings. The highest BCUT2D eigenvalue weighted by atomic mass is 32.2. The molecule has 106 valence electrons. The Bertz CT molecular complexity index is 552. The van der Waals surface area contributed by atoms with E-state index in [-0.39, 0.29) is 17.9 Å². The number of sulfonamides is 1. The van der Waals surface area contributed by atoms with Gasteiger partial charge < -0.3 is 4.74 Å². The third-order valence-corrected chi connectivity index (χ3v) is 4.16. The van der Waals surface area contributed by atoms with Gasteiger partial charge in [-0.1, -0.05) is 12.1 Å². The highest BCUT2D eigenvalue weighted by molar-refractivity contribution is 7.89. The molecule has 0 saturated carbocycles. The van der Waals surface area contributed by atoms with Crippen LogP contribution in [0.2, 0.25) is 0 Å². The number of rotatable bonds is 6. The van der Waals surface area contributed by atoms with Crippen LogP contribution in [0.3, 0.4) is 0 Å². The summed E-state index contributed by atoms with van der Waals surface area (Å²) in [4.78, 5) is 11.4. The molecule has 0 unspecified atom stereocenters. The van der Waals surface area contributed by atoms with Crippen LogP contribution in [0.15, 0.2) is 23.1 Å². The highest BCUT2D eigenvalue weighted by Gasteiger charge is 2.17. The second kappa shape index (κ2) is 6.68. The summed E-state index contributed by atoms with van der Waals surface area (Å²) in [5.74, 6) is -0.411.